The van der Waals surface area contributed by atoms with Crippen molar-refractivity contribution in [3.8, 4) is 5.75 Å². The number of nitrogens with zero attached hydrogens (tertiary/aromatic N) is 2. The minimum Gasteiger partial charge on any atom is -0.495 e. The van der Waals surface area contributed by atoms with Gasteiger partial charge in [-0.15, -0.1) is 0 Å². The summed E-state index contributed by atoms with van der Waals surface area (Å²) in [6.45, 7) is 4.19. The minimum atomic E-state index is -3.49. The molecule has 1 aromatic carbocycles. The Labute approximate surface area is 173 Å². The Morgan fingerprint density at radius 2 is 2.00 bits per heavy atom. The Morgan fingerprint density at radius 1 is 1.29 bits per heavy atom. The quantitative estimate of drug-likeness (QED) is 0.544. The lowest BCUT2D eigenvalue weighted by Gasteiger charge is -2.23. The number of amides is 1. The van der Waals surface area contributed by atoms with E-state index in [9.17, 15) is 13.2 Å². The highest BCUT2D eigenvalue weighted by atomic mass is 35.5. The molecular weight excluding hydrogens is 402 g/mol. The number of ether oxygens (including phenoxy) is 1. The molecule has 9 heteroatoms. The predicted octanol–water partition coefficient (Wildman–Crippen LogP) is 2.50. The Balaban J connectivity index is 1.78. The van der Waals surface area contributed by atoms with Gasteiger partial charge in [0.2, 0.25) is 15.9 Å². The molecular formula is C19H30ClN3O4S. The van der Waals surface area contributed by atoms with Crippen LogP contribution in [0.25, 0.3) is 0 Å². The average molecular weight is 432 g/mol. The third-order valence-electron chi connectivity index (χ3n) is 4.76. The van der Waals surface area contributed by atoms with Gasteiger partial charge in [0.05, 0.1) is 24.1 Å². The summed E-state index contributed by atoms with van der Waals surface area (Å²) in [4.78, 5) is 14.4. The van der Waals surface area contributed by atoms with Crippen LogP contribution in [-0.2, 0) is 14.8 Å². The van der Waals surface area contributed by atoms with Crippen molar-refractivity contribution in [3.05, 3.63) is 23.2 Å². The second-order valence-electron chi connectivity index (χ2n) is 7.01. The maximum Gasteiger partial charge on any atom is 0.232 e. The third kappa shape index (κ3) is 7.14. The lowest BCUT2D eigenvalue weighted by Crippen LogP contribution is -2.32. The van der Waals surface area contributed by atoms with E-state index in [-0.39, 0.29) is 18.9 Å². The molecule has 1 heterocycles. The Hall–Kier alpha value is -1.51. The fourth-order valence-corrected chi connectivity index (χ4v) is 4.51. The van der Waals surface area contributed by atoms with E-state index in [1.807, 2.05) is 0 Å². The van der Waals surface area contributed by atoms with E-state index in [4.69, 9.17) is 16.3 Å². The number of halogens is 1. The molecule has 1 aliphatic rings. The first kappa shape index (κ1) is 22.8. The smallest absolute Gasteiger partial charge is 0.232 e. The van der Waals surface area contributed by atoms with Gasteiger partial charge in [-0.1, -0.05) is 11.6 Å². The van der Waals surface area contributed by atoms with Crippen molar-refractivity contribution >= 4 is 33.2 Å². The third-order valence-corrected chi connectivity index (χ3v) is 6.25. The molecule has 1 N–H and O–H groups in total. The van der Waals surface area contributed by atoms with E-state index in [1.54, 1.807) is 18.2 Å². The molecule has 0 radical (unpaired) electrons. The minimum absolute atomic E-state index is 0.0531. The number of hydrogen-bond donors (Lipinski definition) is 1. The molecule has 28 heavy (non-hydrogen) atoms. The first-order valence-electron chi connectivity index (χ1n) is 9.61. The standard InChI is InChI=1S/C19H30ClN3O4S/c1-27-18-9-8-16(15-17(18)20)23(28(2,25)26)14-5-7-19(24)21-10-6-13-22-11-3-4-12-22/h8-9,15H,3-7,10-14H2,1-2H3,(H,21,24). The van der Waals surface area contributed by atoms with Gasteiger partial charge in [-0.25, -0.2) is 8.42 Å². The van der Waals surface area contributed by atoms with Crippen molar-refractivity contribution in [2.45, 2.75) is 32.1 Å². The summed E-state index contributed by atoms with van der Waals surface area (Å²) in [5, 5.41) is 3.25. The number of rotatable bonds is 11. The molecule has 1 aliphatic heterocycles. The van der Waals surface area contributed by atoms with Gasteiger partial charge < -0.3 is 15.0 Å². The molecule has 2 rings (SSSR count). The van der Waals surface area contributed by atoms with E-state index in [0.717, 1.165) is 32.3 Å². The SMILES string of the molecule is COc1ccc(N(CCCC(=O)NCCCN2CCCC2)S(C)(=O)=O)cc1Cl. The van der Waals surface area contributed by atoms with Crippen molar-refractivity contribution in [3.63, 3.8) is 0 Å². The monoisotopic (exact) mass is 431 g/mol. The van der Waals surface area contributed by atoms with Gasteiger partial charge in [0.1, 0.15) is 5.75 Å². The van der Waals surface area contributed by atoms with Gasteiger partial charge in [-0.2, -0.15) is 0 Å². The van der Waals surface area contributed by atoms with Gasteiger partial charge in [0, 0.05) is 19.5 Å². The summed E-state index contributed by atoms with van der Waals surface area (Å²) in [6.07, 6.45) is 5.31. The van der Waals surface area contributed by atoms with Crippen LogP contribution < -0.4 is 14.4 Å². The number of sulfonamides is 1. The number of benzene rings is 1. The largest absolute Gasteiger partial charge is 0.495 e. The fraction of sp³-hybridized carbons (Fsp3) is 0.632. The second kappa shape index (κ2) is 10.9. The van der Waals surface area contributed by atoms with E-state index >= 15 is 0 Å². The van der Waals surface area contributed by atoms with Crippen molar-refractivity contribution in [2.75, 3.05) is 50.4 Å². The maximum atomic E-state index is 12.2. The van der Waals surface area contributed by atoms with E-state index in [2.05, 4.69) is 10.2 Å². The highest BCUT2D eigenvalue weighted by Crippen LogP contribution is 2.30. The van der Waals surface area contributed by atoms with Crippen LogP contribution in [0.15, 0.2) is 18.2 Å². The van der Waals surface area contributed by atoms with Crippen LogP contribution in [0.3, 0.4) is 0 Å². The van der Waals surface area contributed by atoms with Crippen LogP contribution in [0.4, 0.5) is 5.69 Å². The molecule has 1 aromatic rings. The van der Waals surface area contributed by atoms with Crippen LogP contribution in [-0.4, -0.2) is 65.3 Å². The molecule has 0 spiro atoms. The number of carbonyl (C=O) groups excluding carboxylic acids is 1. The number of likely N-dealkylation sites (tertiary alicyclic amines) is 1. The zero-order chi connectivity index (χ0) is 20.6. The highest BCUT2D eigenvalue weighted by Gasteiger charge is 2.19. The van der Waals surface area contributed by atoms with Crippen LogP contribution in [0.1, 0.15) is 32.1 Å². The normalized spacial score (nSPS) is 14.8. The van der Waals surface area contributed by atoms with E-state index in [1.165, 1.54) is 24.3 Å². The van der Waals surface area contributed by atoms with E-state index < -0.39 is 10.0 Å². The Morgan fingerprint density at radius 3 is 2.61 bits per heavy atom. The zero-order valence-electron chi connectivity index (χ0n) is 16.6. The van der Waals surface area contributed by atoms with Crippen molar-refractivity contribution in [1.29, 1.82) is 0 Å². The molecule has 0 atom stereocenters. The summed E-state index contributed by atoms with van der Waals surface area (Å²) in [5.74, 6) is 0.426. The van der Waals surface area contributed by atoms with Gasteiger partial charge in [-0.3, -0.25) is 9.10 Å². The molecule has 0 aliphatic carbocycles. The molecule has 7 nitrogen and oxygen atoms in total. The molecule has 158 valence electrons. The summed E-state index contributed by atoms with van der Waals surface area (Å²) in [6, 6.07) is 4.83. The van der Waals surface area contributed by atoms with Gasteiger partial charge >= 0.3 is 0 Å². The maximum absolute atomic E-state index is 12.2. The average Bonchev–Trinajstić information content (AvgIpc) is 3.15. The number of hydrogen-bond acceptors (Lipinski definition) is 5. The molecule has 0 unspecified atom stereocenters. The van der Waals surface area contributed by atoms with E-state index in [0.29, 0.717) is 29.4 Å². The fourth-order valence-electron chi connectivity index (χ4n) is 3.31. The zero-order valence-corrected chi connectivity index (χ0v) is 18.2. The predicted molar refractivity (Wildman–Crippen MR) is 113 cm³/mol. The van der Waals surface area contributed by atoms with Crippen molar-refractivity contribution in [2.24, 2.45) is 0 Å². The second-order valence-corrected chi connectivity index (χ2v) is 9.32. The summed E-state index contributed by atoms with van der Waals surface area (Å²) in [7, 11) is -1.99. The lowest BCUT2D eigenvalue weighted by atomic mass is 10.2. The highest BCUT2D eigenvalue weighted by molar-refractivity contribution is 7.92. The summed E-state index contributed by atoms with van der Waals surface area (Å²) >= 11 is 6.11. The number of nitrogens with one attached hydrogen (secondary N) is 1. The molecule has 1 amide bonds. The van der Waals surface area contributed by atoms with Crippen LogP contribution in [0.2, 0.25) is 5.02 Å². The molecule has 0 aromatic heterocycles. The topological polar surface area (TPSA) is 79.0 Å². The summed E-state index contributed by atoms with van der Waals surface area (Å²) in [5.41, 5.74) is 0.458. The summed E-state index contributed by atoms with van der Waals surface area (Å²) < 4.78 is 30.7. The number of carbonyl (C=O) groups is 1. The molecule has 1 fully saturated rings. The molecule has 1 saturated heterocycles. The van der Waals surface area contributed by atoms with Crippen LogP contribution in [0.5, 0.6) is 5.75 Å². The number of anilines is 1. The van der Waals surface area contributed by atoms with Gasteiger partial charge in [-0.05, 0) is 63.5 Å². The lowest BCUT2D eigenvalue weighted by molar-refractivity contribution is -0.121. The van der Waals surface area contributed by atoms with Crippen LogP contribution in [0, 0.1) is 0 Å². The number of methoxy groups -OCH3 is 1. The molecule has 0 saturated carbocycles. The first-order valence-corrected chi connectivity index (χ1v) is 11.8. The van der Waals surface area contributed by atoms with Gasteiger partial charge in [0.25, 0.3) is 0 Å². The van der Waals surface area contributed by atoms with Gasteiger partial charge in [0.15, 0.2) is 0 Å². The Bertz CT molecular complexity index is 752. The Kier molecular flexibility index (Phi) is 8.85. The van der Waals surface area contributed by atoms with Crippen LogP contribution >= 0.6 is 11.6 Å². The first-order chi connectivity index (χ1) is 13.3. The van der Waals surface area contributed by atoms with Crippen molar-refractivity contribution < 1.29 is 17.9 Å². The van der Waals surface area contributed by atoms with Crippen molar-refractivity contribution in [1.82, 2.24) is 10.2 Å². The molecule has 0 bridgehead atoms.